The van der Waals surface area contributed by atoms with Gasteiger partial charge in [0.1, 0.15) is 5.75 Å². The van der Waals surface area contributed by atoms with Gasteiger partial charge in [-0.25, -0.2) is 0 Å². The summed E-state index contributed by atoms with van der Waals surface area (Å²) in [4.78, 5) is 0. The molecular weight excluding hydrogens is 208 g/mol. The van der Waals surface area contributed by atoms with Gasteiger partial charge in [-0.15, -0.1) is 0 Å². The van der Waals surface area contributed by atoms with Crippen LogP contribution in [0.3, 0.4) is 0 Å². The molecule has 0 heterocycles. The molecule has 1 aromatic carbocycles. The lowest BCUT2D eigenvalue weighted by molar-refractivity contribution is 0.351. The van der Waals surface area contributed by atoms with E-state index in [4.69, 9.17) is 11.6 Å². The predicted molar refractivity (Wildman–Crippen MR) is 63.4 cm³/mol. The molecule has 0 atom stereocenters. The van der Waals surface area contributed by atoms with Gasteiger partial charge in [0.2, 0.25) is 0 Å². The highest BCUT2D eigenvalue weighted by Crippen LogP contribution is 2.33. The standard InChI is InChI=1S/C13H17ClO/c14-12-7-4-8-13(15)11(12)9-10-5-2-1-3-6-10/h4,7-8,10,15H,1-3,5-6,9H2. The van der Waals surface area contributed by atoms with Crippen LogP contribution in [0.1, 0.15) is 37.7 Å². The van der Waals surface area contributed by atoms with Gasteiger partial charge >= 0.3 is 0 Å². The highest BCUT2D eigenvalue weighted by atomic mass is 35.5. The van der Waals surface area contributed by atoms with Crippen LogP contribution in [-0.2, 0) is 6.42 Å². The van der Waals surface area contributed by atoms with Crippen LogP contribution in [0.15, 0.2) is 18.2 Å². The lowest BCUT2D eigenvalue weighted by Crippen LogP contribution is -2.09. The Kier molecular flexibility index (Phi) is 3.53. The zero-order chi connectivity index (χ0) is 10.7. The summed E-state index contributed by atoms with van der Waals surface area (Å²) in [6, 6.07) is 5.38. The molecule has 1 aliphatic carbocycles. The highest BCUT2D eigenvalue weighted by molar-refractivity contribution is 6.31. The third-order valence-corrected chi connectivity index (χ3v) is 3.67. The van der Waals surface area contributed by atoms with Crippen molar-refractivity contribution in [2.24, 2.45) is 5.92 Å². The number of hydrogen-bond acceptors (Lipinski definition) is 1. The fourth-order valence-corrected chi connectivity index (χ4v) is 2.68. The topological polar surface area (TPSA) is 20.2 Å². The maximum atomic E-state index is 9.74. The fraction of sp³-hybridized carbons (Fsp3) is 0.538. The van der Waals surface area contributed by atoms with E-state index in [2.05, 4.69) is 0 Å². The Balaban J connectivity index is 2.09. The summed E-state index contributed by atoms with van der Waals surface area (Å²) in [6.45, 7) is 0. The first-order valence-corrected chi connectivity index (χ1v) is 6.11. The summed E-state index contributed by atoms with van der Waals surface area (Å²) < 4.78 is 0. The Morgan fingerprint density at radius 2 is 1.93 bits per heavy atom. The Morgan fingerprint density at radius 3 is 2.60 bits per heavy atom. The molecule has 0 radical (unpaired) electrons. The maximum absolute atomic E-state index is 9.74. The minimum absolute atomic E-state index is 0.355. The molecular formula is C13H17ClO. The van der Waals surface area contributed by atoms with E-state index in [-0.39, 0.29) is 0 Å². The van der Waals surface area contributed by atoms with Crippen molar-refractivity contribution in [3.05, 3.63) is 28.8 Å². The van der Waals surface area contributed by atoms with Crippen LogP contribution in [0.5, 0.6) is 5.75 Å². The zero-order valence-corrected chi connectivity index (χ0v) is 9.63. The molecule has 1 nitrogen and oxygen atoms in total. The number of benzene rings is 1. The molecule has 1 N–H and O–H groups in total. The van der Waals surface area contributed by atoms with E-state index in [1.165, 1.54) is 32.1 Å². The third-order valence-electron chi connectivity index (χ3n) is 3.31. The molecule has 0 aliphatic heterocycles. The van der Waals surface area contributed by atoms with E-state index in [0.29, 0.717) is 16.7 Å². The fourth-order valence-electron chi connectivity index (χ4n) is 2.43. The monoisotopic (exact) mass is 224 g/mol. The number of halogens is 1. The first kappa shape index (κ1) is 10.8. The summed E-state index contributed by atoms with van der Waals surface area (Å²) in [6.07, 6.45) is 7.53. The molecule has 2 heteroatoms. The van der Waals surface area contributed by atoms with Gasteiger partial charge in [-0.05, 0) is 24.5 Å². The molecule has 0 aromatic heterocycles. The van der Waals surface area contributed by atoms with E-state index in [0.717, 1.165) is 12.0 Å². The van der Waals surface area contributed by atoms with Gasteiger partial charge in [-0.1, -0.05) is 49.8 Å². The van der Waals surface area contributed by atoms with E-state index in [9.17, 15) is 5.11 Å². The second kappa shape index (κ2) is 4.89. The minimum atomic E-state index is 0.355. The van der Waals surface area contributed by atoms with Gasteiger partial charge in [-0.2, -0.15) is 0 Å². The Bertz CT molecular complexity index is 309. The number of phenolic OH excluding ortho intramolecular Hbond substituents is 1. The molecule has 82 valence electrons. The van der Waals surface area contributed by atoms with Crippen molar-refractivity contribution in [1.29, 1.82) is 0 Å². The molecule has 2 rings (SSSR count). The predicted octanol–water partition coefficient (Wildman–Crippen LogP) is 4.17. The quantitative estimate of drug-likeness (QED) is 0.800. The van der Waals surface area contributed by atoms with Crippen LogP contribution < -0.4 is 0 Å². The van der Waals surface area contributed by atoms with E-state index in [1.54, 1.807) is 12.1 Å². The molecule has 1 aliphatic rings. The van der Waals surface area contributed by atoms with Crippen molar-refractivity contribution in [2.45, 2.75) is 38.5 Å². The molecule has 1 fully saturated rings. The molecule has 0 bridgehead atoms. The van der Waals surface area contributed by atoms with Gasteiger partial charge in [0.15, 0.2) is 0 Å². The van der Waals surface area contributed by atoms with Gasteiger partial charge < -0.3 is 5.11 Å². The third kappa shape index (κ3) is 2.66. The SMILES string of the molecule is Oc1cccc(Cl)c1CC1CCCCC1. The van der Waals surface area contributed by atoms with Gasteiger partial charge in [0.05, 0.1) is 0 Å². The molecule has 1 aromatic rings. The van der Waals surface area contributed by atoms with Gasteiger partial charge in [-0.3, -0.25) is 0 Å². The number of aromatic hydroxyl groups is 1. The van der Waals surface area contributed by atoms with Crippen LogP contribution >= 0.6 is 11.6 Å². The van der Waals surface area contributed by atoms with Crippen LogP contribution in [0, 0.1) is 5.92 Å². The van der Waals surface area contributed by atoms with Crippen LogP contribution in [0.25, 0.3) is 0 Å². The summed E-state index contributed by atoms with van der Waals surface area (Å²) >= 11 is 6.09. The normalized spacial score (nSPS) is 17.9. The Hall–Kier alpha value is -0.690. The maximum Gasteiger partial charge on any atom is 0.120 e. The highest BCUT2D eigenvalue weighted by Gasteiger charge is 2.17. The van der Waals surface area contributed by atoms with Crippen LogP contribution in [-0.4, -0.2) is 5.11 Å². The zero-order valence-electron chi connectivity index (χ0n) is 8.88. The summed E-state index contributed by atoms with van der Waals surface area (Å²) in [5, 5.41) is 10.4. The van der Waals surface area contributed by atoms with Crippen molar-refractivity contribution in [3.8, 4) is 5.75 Å². The van der Waals surface area contributed by atoms with Crippen LogP contribution in [0.2, 0.25) is 5.02 Å². The van der Waals surface area contributed by atoms with Crippen LogP contribution in [0.4, 0.5) is 0 Å². The molecule has 15 heavy (non-hydrogen) atoms. The van der Waals surface area contributed by atoms with Crippen molar-refractivity contribution in [2.75, 3.05) is 0 Å². The molecule has 1 saturated carbocycles. The number of rotatable bonds is 2. The van der Waals surface area contributed by atoms with Gasteiger partial charge in [0, 0.05) is 10.6 Å². The minimum Gasteiger partial charge on any atom is -0.508 e. The second-order valence-electron chi connectivity index (χ2n) is 4.45. The first-order valence-electron chi connectivity index (χ1n) is 5.73. The average molecular weight is 225 g/mol. The second-order valence-corrected chi connectivity index (χ2v) is 4.85. The molecule has 0 spiro atoms. The van der Waals surface area contributed by atoms with Crippen molar-refractivity contribution in [1.82, 2.24) is 0 Å². The smallest absolute Gasteiger partial charge is 0.120 e. The lowest BCUT2D eigenvalue weighted by atomic mass is 9.84. The average Bonchev–Trinajstić information content (AvgIpc) is 2.25. The van der Waals surface area contributed by atoms with Crippen molar-refractivity contribution in [3.63, 3.8) is 0 Å². The van der Waals surface area contributed by atoms with Gasteiger partial charge in [0.25, 0.3) is 0 Å². The van der Waals surface area contributed by atoms with Crippen molar-refractivity contribution >= 4 is 11.6 Å². The van der Waals surface area contributed by atoms with Crippen molar-refractivity contribution < 1.29 is 5.11 Å². The first-order chi connectivity index (χ1) is 7.27. The van der Waals surface area contributed by atoms with E-state index >= 15 is 0 Å². The van der Waals surface area contributed by atoms with E-state index < -0.39 is 0 Å². The van der Waals surface area contributed by atoms with E-state index in [1.807, 2.05) is 6.07 Å². The largest absolute Gasteiger partial charge is 0.508 e. The molecule has 0 unspecified atom stereocenters. The summed E-state index contributed by atoms with van der Waals surface area (Å²) in [5.41, 5.74) is 0.936. The Morgan fingerprint density at radius 1 is 1.20 bits per heavy atom. The lowest BCUT2D eigenvalue weighted by Gasteiger charge is -2.22. The molecule has 0 saturated heterocycles. The summed E-state index contributed by atoms with van der Waals surface area (Å²) in [7, 11) is 0. The Labute approximate surface area is 96.1 Å². The summed E-state index contributed by atoms with van der Waals surface area (Å²) in [5.74, 6) is 1.07. The number of hydrogen-bond donors (Lipinski definition) is 1. The number of phenols is 1. The molecule has 0 amide bonds.